The zero-order chi connectivity index (χ0) is 20.3. The van der Waals surface area contributed by atoms with E-state index in [1.54, 1.807) is 21.8 Å². The summed E-state index contributed by atoms with van der Waals surface area (Å²) in [5.41, 5.74) is 2.38. The third-order valence-corrected chi connectivity index (χ3v) is 4.81. The number of aliphatic hydroxyl groups excluding tert-OH is 1. The van der Waals surface area contributed by atoms with Crippen molar-refractivity contribution in [2.24, 2.45) is 7.05 Å². The van der Waals surface area contributed by atoms with Crippen LogP contribution < -0.4 is 5.32 Å². The number of hydrogen-bond donors (Lipinski definition) is 2. The van der Waals surface area contributed by atoms with Crippen LogP contribution in [0.15, 0.2) is 42.7 Å². The van der Waals surface area contributed by atoms with Crippen LogP contribution >= 0.6 is 0 Å². The molecule has 2 N–H and O–H groups in total. The monoisotopic (exact) mass is 382 g/mol. The summed E-state index contributed by atoms with van der Waals surface area (Å²) in [5, 5.41) is 24.8. The summed E-state index contributed by atoms with van der Waals surface area (Å²) in [6.07, 6.45) is 3.95. The molecule has 3 aromatic rings. The molecule has 1 amide bonds. The second kappa shape index (κ2) is 7.93. The largest absolute Gasteiger partial charge is 0.394 e. The number of aromatic nitrogens is 5. The molecule has 8 nitrogen and oxygen atoms in total. The zero-order valence-corrected chi connectivity index (χ0v) is 16.6. The third kappa shape index (κ3) is 4.12. The van der Waals surface area contributed by atoms with Gasteiger partial charge in [-0.05, 0) is 26.3 Å². The maximum Gasteiger partial charge on any atom is 0.255 e. The topological polar surface area (TPSA) is 97.9 Å². The van der Waals surface area contributed by atoms with Crippen molar-refractivity contribution in [1.82, 2.24) is 30.1 Å². The van der Waals surface area contributed by atoms with Gasteiger partial charge in [0.05, 0.1) is 41.8 Å². The van der Waals surface area contributed by atoms with Gasteiger partial charge in [0.15, 0.2) is 0 Å². The van der Waals surface area contributed by atoms with Crippen molar-refractivity contribution in [3.8, 4) is 0 Å². The molecule has 1 atom stereocenters. The van der Waals surface area contributed by atoms with E-state index in [1.165, 1.54) is 0 Å². The number of rotatable bonds is 7. The summed E-state index contributed by atoms with van der Waals surface area (Å²) in [4.78, 5) is 13.0. The average Bonchev–Trinajstić information content (AvgIpc) is 3.30. The summed E-state index contributed by atoms with van der Waals surface area (Å²) in [6.45, 7) is 5.55. The molecule has 0 fully saturated rings. The lowest BCUT2D eigenvalue weighted by atomic mass is 10.00. The molecule has 0 unspecified atom stereocenters. The lowest BCUT2D eigenvalue weighted by Crippen LogP contribution is -2.41. The maximum atomic E-state index is 13.0. The van der Waals surface area contributed by atoms with Crippen LogP contribution in [0.2, 0.25) is 0 Å². The Balaban J connectivity index is 1.80. The number of aryl methyl sites for hydroxylation is 1. The Morgan fingerprint density at radius 3 is 2.68 bits per heavy atom. The third-order valence-electron chi connectivity index (χ3n) is 4.81. The minimum Gasteiger partial charge on any atom is -0.394 e. The van der Waals surface area contributed by atoms with Crippen molar-refractivity contribution < 1.29 is 9.90 Å². The lowest BCUT2D eigenvalue weighted by molar-refractivity contribution is 0.0909. The molecular weight excluding hydrogens is 356 g/mol. The van der Waals surface area contributed by atoms with Gasteiger partial charge in [-0.1, -0.05) is 35.5 Å². The van der Waals surface area contributed by atoms with Crippen LogP contribution in [-0.4, -0.2) is 42.4 Å². The Labute approximate surface area is 164 Å². The van der Waals surface area contributed by atoms with E-state index in [0.29, 0.717) is 17.7 Å². The summed E-state index contributed by atoms with van der Waals surface area (Å²) < 4.78 is 3.32. The molecule has 8 heteroatoms. The molecule has 0 aliphatic rings. The van der Waals surface area contributed by atoms with Crippen LogP contribution in [0.25, 0.3) is 0 Å². The van der Waals surface area contributed by atoms with E-state index in [0.717, 1.165) is 11.3 Å². The highest BCUT2D eigenvalue weighted by molar-refractivity contribution is 5.95. The fourth-order valence-corrected chi connectivity index (χ4v) is 2.93. The first kappa shape index (κ1) is 19.8. The normalized spacial score (nSPS) is 12.8. The number of carbonyl (C=O) groups excluding carboxylic acids is 1. The Kier molecular flexibility index (Phi) is 5.60. The number of nitrogens with zero attached hydrogens (tertiary/aromatic N) is 5. The van der Waals surface area contributed by atoms with Gasteiger partial charge in [-0.3, -0.25) is 9.48 Å². The molecule has 2 aromatic heterocycles. The molecule has 28 heavy (non-hydrogen) atoms. The van der Waals surface area contributed by atoms with Crippen molar-refractivity contribution in [1.29, 1.82) is 0 Å². The van der Waals surface area contributed by atoms with Gasteiger partial charge >= 0.3 is 0 Å². The predicted octanol–water partition coefficient (Wildman–Crippen LogP) is 1.82. The van der Waals surface area contributed by atoms with Crippen molar-refractivity contribution in [3.05, 3.63) is 65.2 Å². The summed E-state index contributed by atoms with van der Waals surface area (Å²) in [5.74, 6) is -0.214. The van der Waals surface area contributed by atoms with E-state index in [1.807, 2.05) is 58.2 Å². The minimum absolute atomic E-state index is 0.0336. The van der Waals surface area contributed by atoms with Crippen LogP contribution in [0.1, 0.15) is 54.1 Å². The van der Waals surface area contributed by atoms with Crippen LogP contribution in [0.4, 0.5) is 0 Å². The standard InChI is InChI=1S/C20H26N6O2/c1-14(13-27)26-12-18(23-24-26)20(2,3)22-19(28)16-11-21-25(4)17(16)10-15-8-6-5-7-9-15/h5-9,11-12,14,27H,10,13H2,1-4H3,(H,22,28)/t14-/m0/s1. The predicted molar refractivity (Wildman–Crippen MR) is 105 cm³/mol. The number of benzene rings is 1. The van der Waals surface area contributed by atoms with Gasteiger partial charge in [0, 0.05) is 13.5 Å². The number of aliphatic hydroxyl groups is 1. The second-order valence-corrected chi connectivity index (χ2v) is 7.49. The molecule has 0 saturated carbocycles. The van der Waals surface area contributed by atoms with Gasteiger partial charge in [0.2, 0.25) is 0 Å². The highest BCUT2D eigenvalue weighted by Gasteiger charge is 2.29. The second-order valence-electron chi connectivity index (χ2n) is 7.49. The van der Waals surface area contributed by atoms with Crippen LogP contribution in [-0.2, 0) is 19.0 Å². The van der Waals surface area contributed by atoms with E-state index < -0.39 is 5.54 Å². The highest BCUT2D eigenvalue weighted by atomic mass is 16.3. The molecular formula is C20H26N6O2. The summed E-state index contributed by atoms with van der Waals surface area (Å²) in [6, 6.07) is 9.80. The Bertz CT molecular complexity index is 945. The fraction of sp³-hybridized carbons (Fsp3) is 0.400. The van der Waals surface area contributed by atoms with Crippen molar-refractivity contribution in [2.45, 2.75) is 38.8 Å². The smallest absolute Gasteiger partial charge is 0.255 e. The first-order valence-electron chi connectivity index (χ1n) is 9.22. The first-order valence-corrected chi connectivity index (χ1v) is 9.22. The van der Waals surface area contributed by atoms with Crippen LogP contribution in [0.3, 0.4) is 0 Å². The van der Waals surface area contributed by atoms with E-state index in [4.69, 9.17) is 0 Å². The van der Waals surface area contributed by atoms with Gasteiger partial charge in [-0.2, -0.15) is 5.10 Å². The number of hydrogen-bond acceptors (Lipinski definition) is 5. The van der Waals surface area contributed by atoms with E-state index in [-0.39, 0.29) is 18.6 Å². The first-order chi connectivity index (χ1) is 13.3. The van der Waals surface area contributed by atoms with Gasteiger partial charge in [0.25, 0.3) is 5.91 Å². The minimum atomic E-state index is -0.732. The van der Waals surface area contributed by atoms with Crippen LogP contribution in [0, 0.1) is 0 Å². The van der Waals surface area contributed by atoms with Crippen molar-refractivity contribution >= 4 is 5.91 Å². The molecule has 3 rings (SSSR count). The molecule has 0 bridgehead atoms. The van der Waals surface area contributed by atoms with Gasteiger partial charge < -0.3 is 10.4 Å². The number of carbonyl (C=O) groups is 1. The molecule has 0 saturated heterocycles. The molecule has 0 aliphatic carbocycles. The molecule has 1 aromatic carbocycles. The van der Waals surface area contributed by atoms with Gasteiger partial charge in [-0.25, -0.2) is 4.68 Å². The van der Waals surface area contributed by atoms with Crippen molar-refractivity contribution in [3.63, 3.8) is 0 Å². The highest BCUT2D eigenvalue weighted by Crippen LogP contribution is 2.21. The Morgan fingerprint density at radius 2 is 2.00 bits per heavy atom. The van der Waals surface area contributed by atoms with Crippen LogP contribution in [0.5, 0.6) is 0 Å². The van der Waals surface area contributed by atoms with Crippen molar-refractivity contribution in [2.75, 3.05) is 6.61 Å². The summed E-state index contributed by atoms with van der Waals surface area (Å²) in [7, 11) is 1.84. The molecule has 2 heterocycles. The van der Waals surface area contributed by atoms with E-state index in [2.05, 4.69) is 20.7 Å². The molecule has 148 valence electrons. The van der Waals surface area contributed by atoms with Gasteiger partial charge in [-0.15, -0.1) is 5.10 Å². The summed E-state index contributed by atoms with van der Waals surface area (Å²) >= 11 is 0. The lowest BCUT2D eigenvalue weighted by Gasteiger charge is -2.23. The zero-order valence-electron chi connectivity index (χ0n) is 16.6. The Hall–Kier alpha value is -3.00. The molecule has 0 radical (unpaired) electrons. The quantitative estimate of drug-likeness (QED) is 0.650. The Morgan fingerprint density at radius 1 is 1.29 bits per heavy atom. The molecule has 0 aliphatic heterocycles. The number of amides is 1. The maximum absolute atomic E-state index is 13.0. The fourth-order valence-electron chi connectivity index (χ4n) is 2.93. The average molecular weight is 382 g/mol. The van der Waals surface area contributed by atoms with E-state index in [9.17, 15) is 9.90 Å². The number of nitrogens with one attached hydrogen (secondary N) is 1. The van der Waals surface area contributed by atoms with Gasteiger partial charge in [0.1, 0.15) is 5.69 Å². The SMILES string of the molecule is C[C@@H](CO)n1cc(C(C)(C)NC(=O)c2cnn(C)c2Cc2ccccc2)nn1. The van der Waals surface area contributed by atoms with E-state index >= 15 is 0 Å². The molecule has 0 spiro atoms.